The third-order valence-electron chi connectivity index (χ3n) is 4.45. The number of nitrogens with zero attached hydrogens (tertiary/aromatic N) is 2. The fourth-order valence-corrected chi connectivity index (χ4v) is 3.05. The summed E-state index contributed by atoms with van der Waals surface area (Å²) in [6.07, 6.45) is 6.20. The van der Waals surface area contributed by atoms with Crippen LogP contribution in [0.3, 0.4) is 0 Å². The maximum absolute atomic E-state index is 11.7. The predicted molar refractivity (Wildman–Crippen MR) is 95.7 cm³/mol. The fourth-order valence-electron chi connectivity index (χ4n) is 3.05. The summed E-state index contributed by atoms with van der Waals surface area (Å²) >= 11 is 0. The maximum Gasteiger partial charge on any atom is 0.209 e. The predicted octanol–water partition coefficient (Wildman–Crippen LogP) is 2.74. The summed E-state index contributed by atoms with van der Waals surface area (Å²) in [6, 6.07) is 10.9. The topological polar surface area (TPSA) is 81.5 Å². The first-order chi connectivity index (χ1) is 12.8. The van der Waals surface area contributed by atoms with Crippen LogP contribution in [0.1, 0.15) is 48.0 Å². The molecule has 1 N–H and O–H groups in total. The van der Waals surface area contributed by atoms with E-state index in [0.29, 0.717) is 18.0 Å². The number of ketones is 1. The van der Waals surface area contributed by atoms with Crippen molar-refractivity contribution < 1.29 is 19.4 Å². The molecule has 2 fully saturated rings. The largest absolute Gasteiger partial charge is 0.384 e. The molecule has 0 aromatic carbocycles. The van der Waals surface area contributed by atoms with Gasteiger partial charge in [-0.1, -0.05) is 12.1 Å². The van der Waals surface area contributed by atoms with E-state index in [1.165, 1.54) is 0 Å². The first kappa shape index (κ1) is 18.6. The minimum atomic E-state index is -0.566. The molecule has 26 heavy (non-hydrogen) atoms. The second kappa shape index (κ2) is 9.52. The molecule has 0 bridgehead atoms. The van der Waals surface area contributed by atoms with Crippen molar-refractivity contribution in [3.63, 3.8) is 0 Å². The summed E-state index contributed by atoms with van der Waals surface area (Å²) in [5, 5.41) is 9.83. The van der Waals surface area contributed by atoms with Crippen molar-refractivity contribution >= 4 is 5.78 Å². The van der Waals surface area contributed by atoms with Crippen molar-refractivity contribution in [1.82, 2.24) is 9.97 Å². The van der Waals surface area contributed by atoms with Crippen molar-refractivity contribution in [2.45, 2.75) is 44.0 Å². The van der Waals surface area contributed by atoms with E-state index < -0.39 is 6.10 Å². The van der Waals surface area contributed by atoms with Gasteiger partial charge in [-0.2, -0.15) is 0 Å². The van der Waals surface area contributed by atoms with E-state index in [-0.39, 0.29) is 18.0 Å². The van der Waals surface area contributed by atoms with E-state index in [0.717, 1.165) is 32.3 Å². The molecule has 3 atom stereocenters. The van der Waals surface area contributed by atoms with Gasteiger partial charge in [0.2, 0.25) is 5.78 Å². The standard InChI is InChI=1S/C10H13NO2.C10H11NO2/c2*12-10(9-5-3-7-13-9)8-4-1-2-6-11-8/h1-2,4,6,9-10,12H,3,5,7H2;1-2,4,6,9H,3,5,7H2/t9-,10?;9-/m11/s1. The molecule has 4 heterocycles. The number of carbonyl (C=O) groups excluding carboxylic acids is 1. The first-order valence-electron chi connectivity index (χ1n) is 9.03. The number of pyridine rings is 2. The van der Waals surface area contributed by atoms with Crippen LogP contribution in [-0.2, 0) is 9.47 Å². The molecule has 0 radical (unpaired) electrons. The van der Waals surface area contributed by atoms with Gasteiger partial charge in [-0.3, -0.25) is 14.8 Å². The molecule has 2 aromatic rings. The molecular weight excluding hydrogens is 332 g/mol. The molecule has 0 spiro atoms. The monoisotopic (exact) mass is 356 g/mol. The molecule has 0 saturated carbocycles. The average molecular weight is 356 g/mol. The van der Waals surface area contributed by atoms with Gasteiger partial charge < -0.3 is 14.6 Å². The third kappa shape index (κ3) is 4.94. The van der Waals surface area contributed by atoms with Crippen LogP contribution >= 0.6 is 0 Å². The molecule has 2 aliphatic heterocycles. The number of ether oxygens (including phenoxy) is 2. The number of hydrogen-bond donors (Lipinski definition) is 1. The number of carbonyl (C=O) groups is 1. The van der Waals surface area contributed by atoms with E-state index >= 15 is 0 Å². The van der Waals surface area contributed by atoms with Crippen LogP contribution in [0.25, 0.3) is 0 Å². The Kier molecular flexibility index (Phi) is 6.82. The van der Waals surface area contributed by atoms with Crippen LogP contribution in [0, 0.1) is 0 Å². The number of rotatable bonds is 4. The summed E-state index contributed by atoms with van der Waals surface area (Å²) in [7, 11) is 0. The number of Topliss-reactive ketones (excluding diaryl/α,β-unsaturated/α-hetero) is 1. The first-order valence-corrected chi connectivity index (χ1v) is 9.03. The second-order valence-corrected chi connectivity index (χ2v) is 6.33. The summed E-state index contributed by atoms with van der Waals surface area (Å²) < 4.78 is 10.7. The van der Waals surface area contributed by atoms with Crippen LogP contribution in [-0.4, -0.2) is 46.3 Å². The Balaban J connectivity index is 0.000000151. The van der Waals surface area contributed by atoms with Gasteiger partial charge in [0, 0.05) is 25.6 Å². The Morgan fingerprint density at radius 1 is 1.00 bits per heavy atom. The average Bonchev–Trinajstić information content (AvgIpc) is 3.43. The van der Waals surface area contributed by atoms with E-state index in [9.17, 15) is 9.90 Å². The highest BCUT2D eigenvalue weighted by Gasteiger charge is 2.26. The zero-order chi connectivity index (χ0) is 18.2. The lowest BCUT2D eigenvalue weighted by atomic mass is 10.1. The van der Waals surface area contributed by atoms with Gasteiger partial charge in [0.05, 0.1) is 11.8 Å². The summed E-state index contributed by atoms with van der Waals surface area (Å²) in [5.74, 6) is 0.0121. The molecule has 0 amide bonds. The number of aliphatic hydroxyl groups is 1. The van der Waals surface area contributed by atoms with Crippen LogP contribution in [0.2, 0.25) is 0 Å². The highest BCUT2D eigenvalue weighted by molar-refractivity contribution is 5.97. The summed E-state index contributed by atoms with van der Waals surface area (Å²) in [4.78, 5) is 19.7. The second-order valence-electron chi connectivity index (χ2n) is 6.33. The van der Waals surface area contributed by atoms with Crippen LogP contribution < -0.4 is 0 Å². The van der Waals surface area contributed by atoms with Gasteiger partial charge in [-0.05, 0) is 49.9 Å². The minimum Gasteiger partial charge on any atom is -0.384 e. The van der Waals surface area contributed by atoms with Crippen molar-refractivity contribution in [3.05, 3.63) is 60.2 Å². The van der Waals surface area contributed by atoms with Crippen molar-refractivity contribution in [2.24, 2.45) is 0 Å². The van der Waals surface area contributed by atoms with Crippen LogP contribution in [0.4, 0.5) is 0 Å². The SMILES string of the molecule is O=C(c1ccccn1)[C@H]1CCCO1.OC(c1ccccn1)[C@H]1CCCO1. The molecule has 2 aliphatic rings. The Morgan fingerprint density at radius 2 is 1.73 bits per heavy atom. The van der Waals surface area contributed by atoms with Gasteiger partial charge in [-0.25, -0.2) is 0 Å². The van der Waals surface area contributed by atoms with Crippen LogP contribution in [0.15, 0.2) is 48.8 Å². The van der Waals surface area contributed by atoms with Gasteiger partial charge >= 0.3 is 0 Å². The maximum atomic E-state index is 11.7. The van der Waals surface area contributed by atoms with Crippen molar-refractivity contribution in [1.29, 1.82) is 0 Å². The smallest absolute Gasteiger partial charge is 0.209 e. The van der Waals surface area contributed by atoms with E-state index in [4.69, 9.17) is 9.47 Å². The van der Waals surface area contributed by atoms with Crippen molar-refractivity contribution in [3.8, 4) is 0 Å². The van der Waals surface area contributed by atoms with Gasteiger partial charge in [0.15, 0.2) is 0 Å². The Bertz CT molecular complexity index is 669. The van der Waals surface area contributed by atoms with Gasteiger partial charge in [0.25, 0.3) is 0 Å². The molecule has 0 aliphatic carbocycles. The molecule has 6 heteroatoms. The molecule has 2 aromatic heterocycles. The molecule has 6 nitrogen and oxygen atoms in total. The zero-order valence-electron chi connectivity index (χ0n) is 14.7. The zero-order valence-corrected chi connectivity index (χ0v) is 14.7. The highest BCUT2D eigenvalue weighted by atomic mass is 16.5. The van der Waals surface area contributed by atoms with Gasteiger partial charge in [-0.15, -0.1) is 0 Å². The summed E-state index contributed by atoms with van der Waals surface area (Å²) in [5.41, 5.74) is 1.21. The van der Waals surface area contributed by atoms with Crippen molar-refractivity contribution in [2.75, 3.05) is 13.2 Å². The Hall–Kier alpha value is -2.15. The number of aliphatic hydroxyl groups excluding tert-OH is 1. The van der Waals surface area contributed by atoms with E-state index in [1.807, 2.05) is 24.3 Å². The fraction of sp³-hybridized carbons (Fsp3) is 0.450. The normalized spacial score (nSPS) is 23.1. The Labute approximate surface area is 153 Å². The molecular formula is C20H24N2O4. The molecule has 138 valence electrons. The highest BCUT2D eigenvalue weighted by Crippen LogP contribution is 2.25. The summed E-state index contributed by atoms with van der Waals surface area (Å²) in [6.45, 7) is 1.46. The number of hydrogen-bond acceptors (Lipinski definition) is 6. The minimum absolute atomic E-state index is 0.0121. The quantitative estimate of drug-likeness (QED) is 0.849. The molecule has 1 unspecified atom stereocenters. The van der Waals surface area contributed by atoms with Crippen LogP contribution in [0.5, 0.6) is 0 Å². The van der Waals surface area contributed by atoms with E-state index in [1.54, 1.807) is 24.5 Å². The number of aromatic nitrogens is 2. The molecule has 2 saturated heterocycles. The lowest BCUT2D eigenvalue weighted by Crippen LogP contribution is -2.20. The lowest BCUT2D eigenvalue weighted by Gasteiger charge is -2.16. The lowest BCUT2D eigenvalue weighted by molar-refractivity contribution is -0.00470. The van der Waals surface area contributed by atoms with Gasteiger partial charge in [0.1, 0.15) is 17.9 Å². The third-order valence-corrected chi connectivity index (χ3v) is 4.45. The molecule has 4 rings (SSSR count). The Morgan fingerprint density at radius 3 is 2.31 bits per heavy atom. The van der Waals surface area contributed by atoms with E-state index in [2.05, 4.69) is 9.97 Å².